The average Bonchev–Trinajstić information content (AvgIpc) is 2.70. The van der Waals surface area contributed by atoms with Crippen LogP contribution in [0.3, 0.4) is 0 Å². The van der Waals surface area contributed by atoms with Gasteiger partial charge in [0.25, 0.3) is 5.91 Å². The van der Waals surface area contributed by atoms with Crippen LogP contribution in [0.1, 0.15) is 36.7 Å². The molecule has 5 heteroatoms. The van der Waals surface area contributed by atoms with Gasteiger partial charge in [0.05, 0.1) is 6.20 Å². The van der Waals surface area contributed by atoms with Gasteiger partial charge in [0.2, 0.25) is 0 Å². The van der Waals surface area contributed by atoms with Crippen LogP contribution < -0.4 is 0 Å². The van der Waals surface area contributed by atoms with Crippen LogP contribution in [-0.4, -0.2) is 38.8 Å². The molecule has 1 fully saturated rings. The highest BCUT2D eigenvalue weighted by atomic mass is 16.2. The molecule has 5 nitrogen and oxygen atoms in total. The maximum absolute atomic E-state index is 11.9. The molecule has 0 radical (unpaired) electrons. The minimum absolute atomic E-state index is 0.00838. The number of hydrogen-bond acceptors (Lipinski definition) is 3. The van der Waals surface area contributed by atoms with E-state index in [4.69, 9.17) is 0 Å². The Hall–Kier alpha value is -1.39. The zero-order valence-electron chi connectivity index (χ0n) is 8.23. The first-order chi connectivity index (χ1) is 6.79. The molecule has 1 atom stereocenters. The highest BCUT2D eigenvalue weighted by Crippen LogP contribution is 2.17. The van der Waals surface area contributed by atoms with Crippen LogP contribution in [0.2, 0.25) is 0 Å². The lowest BCUT2D eigenvalue weighted by atomic mass is 10.0. The lowest BCUT2D eigenvalue weighted by Gasteiger charge is -2.32. The molecule has 0 aromatic carbocycles. The summed E-state index contributed by atoms with van der Waals surface area (Å²) >= 11 is 0. The molecular weight excluding hydrogens is 180 g/mol. The van der Waals surface area contributed by atoms with Gasteiger partial charge in [-0.3, -0.25) is 4.79 Å². The van der Waals surface area contributed by atoms with Gasteiger partial charge in [0.15, 0.2) is 5.69 Å². The van der Waals surface area contributed by atoms with Crippen molar-refractivity contribution in [3.05, 3.63) is 11.9 Å². The van der Waals surface area contributed by atoms with Crippen molar-refractivity contribution >= 4 is 5.91 Å². The Bertz CT molecular complexity index is 309. The van der Waals surface area contributed by atoms with Gasteiger partial charge in [0.1, 0.15) is 0 Å². The van der Waals surface area contributed by atoms with E-state index in [0.29, 0.717) is 11.7 Å². The van der Waals surface area contributed by atoms with E-state index in [1.165, 1.54) is 12.6 Å². The third kappa shape index (κ3) is 1.62. The summed E-state index contributed by atoms with van der Waals surface area (Å²) in [6, 6.07) is 0.327. The first-order valence-corrected chi connectivity index (χ1v) is 4.96. The first kappa shape index (κ1) is 9.18. The summed E-state index contributed by atoms with van der Waals surface area (Å²) in [4.78, 5) is 13.8. The van der Waals surface area contributed by atoms with E-state index in [1.807, 2.05) is 4.90 Å². The Morgan fingerprint density at radius 3 is 3.14 bits per heavy atom. The number of carbonyl (C=O) groups is 1. The molecule has 1 aromatic heterocycles. The Kier molecular flexibility index (Phi) is 2.47. The fourth-order valence-corrected chi connectivity index (χ4v) is 1.85. The number of rotatable bonds is 1. The summed E-state index contributed by atoms with van der Waals surface area (Å²) in [5.41, 5.74) is 0.416. The number of H-pyrrole nitrogens is 1. The Balaban J connectivity index is 2.10. The van der Waals surface area contributed by atoms with Gasteiger partial charge >= 0.3 is 0 Å². The van der Waals surface area contributed by atoms with E-state index in [0.717, 1.165) is 19.4 Å². The first-order valence-electron chi connectivity index (χ1n) is 4.96. The van der Waals surface area contributed by atoms with Crippen LogP contribution in [0.4, 0.5) is 0 Å². The molecule has 14 heavy (non-hydrogen) atoms. The van der Waals surface area contributed by atoms with E-state index < -0.39 is 0 Å². The molecule has 0 bridgehead atoms. The summed E-state index contributed by atoms with van der Waals surface area (Å²) in [5, 5.41) is 9.90. The lowest BCUT2D eigenvalue weighted by molar-refractivity contribution is 0.0629. The lowest BCUT2D eigenvalue weighted by Crippen LogP contribution is -2.42. The number of aromatic amines is 1. The largest absolute Gasteiger partial charge is 0.335 e. The van der Waals surface area contributed by atoms with Crippen molar-refractivity contribution in [2.45, 2.75) is 32.2 Å². The van der Waals surface area contributed by atoms with E-state index in [1.54, 1.807) is 0 Å². The summed E-state index contributed by atoms with van der Waals surface area (Å²) in [7, 11) is 0. The molecule has 1 amide bonds. The van der Waals surface area contributed by atoms with Crippen molar-refractivity contribution in [1.29, 1.82) is 0 Å². The second-order valence-corrected chi connectivity index (χ2v) is 3.70. The van der Waals surface area contributed by atoms with Crippen molar-refractivity contribution in [2.24, 2.45) is 0 Å². The van der Waals surface area contributed by atoms with Gasteiger partial charge < -0.3 is 4.90 Å². The number of hydrogen-bond donors (Lipinski definition) is 1. The molecule has 1 N–H and O–H groups in total. The fraction of sp³-hybridized carbons (Fsp3) is 0.667. The molecule has 1 aliphatic heterocycles. The zero-order chi connectivity index (χ0) is 9.97. The molecule has 76 valence electrons. The van der Waals surface area contributed by atoms with E-state index in [9.17, 15) is 4.79 Å². The number of nitrogens with zero attached hydrogens (tertiary/aromatic N) is 3. The van der Waals surface area contributed by atoms with Gasteiger partial charge in [-0.15, -0.1) is 0 Å². The van der Waals surface area contributed by atoms with Crippen LogP contribution in [0, 0.1) is 0 Å². The highest BCUT2D eigenvalue weighted by Gasteiger charge is 2.25. The van der Waals surface area contributed by atoms with Crippen LogP contribution >= 0.6 is 0 Å². The number of piperidine rings is 1. The second-order valence-electron chi connectivity index (χ2n) is 3.70. The van der Waals surface area contributed by atoms with Crippen molar-refractivity contribution in [3.8, 4) is 0 Å². The van der Waals surface area contributed by atoms with Crippen LogP contribution in [-0.2, 0) is 0 Å². The van der Waals surface area contributed by atoms with Crippen molar-refractivity contribution in [3.63, 3.8) is 0 Å². The molecular formula is C9H14N4O. The molecule has 1 aromatic rings. The molecule has 1 aliphatic rings. The SMILES string of the molecule is CC1CCCCN1C(=O)c1cn[nH]n1. The number of amides is 1. The summed E-state index contributed by atoms with van der Waals surface area (Å²) in [5.74, 6) is -0.00838. The third-order valence-electron chi connectivity index (χ3n) is 2.70. The summed E-state index contributed by atoms with van der Waals surface area (Å²) < 4.78 is 0. The van der Waals surface area contributed by atoms with Crippen LogP contribution in [0.15, 0.2) is 6.20 Å². The van der Waals surface area contributed by atoms with Gasteiger partial charge in [-0.2, -0.15) is 15.4 Å². The minimum atomic E-state index is -0.00838. The maximum Gasteiger partial charge on any atom is 0.276 e. The number of carbonyl (C=O) groups excluding carboxylic acids is 1. The van der Waals surface area contributed by atoms with Crippen LogP contribution in [0.5, 0.6) is 0 Å². The van der Waals surface area contributed by atoms with Gasteiger partial charge in [0, 0.05) is 12.6 Å². The van der Waals surface area contributed by atoms with Gasteiger partial charge in [-0.1, -0.05) is 0 Å². The monoisotopic (exact) mass is 194 g/mol. The minimum Gasteiger partial charge on any atom is -0.335 e. The second kappa shape index (κ2) is 3.77. The quantitative estimate of drug-likeness (QED) is 0.720. The number of likely N-dealkylation sites (tertiary alicyclic amines) is 1. The molecule has 1 saturated heterocycles. The maximum atomic E-state index is 11.9. The molecule has 2 rings (SSSR count). The Morgan fingerprint density at radius 1 is 1.64 bits per heavy atom. The number of nitrogens with one attached hydrogen (secondary N) is 1. The summed E-state index contributed by atoms with van der Waals surface area (Å²) in [6.45, 7) is 2.92. The standard InChI is InChI=1S/C9H14N4O/c1-7-4-2-3-5-13(7)9(14)8-6-10-12-11-8/h6-7H,2-5H2,1H3,(H,10,11,12). The average molecular weight is 194 g/mol. The number of aromatic nitrogens is 3. The molecule has 0 aliphatic carbocycles. The predicted molar refractivity (Wildman–Crippen MR) is 50.7 cm³/mol. The highest BCUT2D eigenvalue weighted by molar-refractivity contribution is 5.92. The van der Waals surface area contributed by atoms with E-state index in [2.05, 4.69) is 22.3 Å². The van der Waals surface area contributed by atoms with Gasteiger partial charge in [-0.05, 0) is 26.2 Å². The predicted octanol–water partition coefficient (Wildman–Crippen LogP) is 0.819. The van der Waals surface area contributed by atoms with E-state index in [-0.39, 0.29) is 5.91 Å². The van der Waals surface area contributed by atoms with Crippen LogP contribution in [0.25, 0.3) is 0 Å². The third-order valence-corrected chi connectivity index (χ3v) is 2.70. The van der Waals surface area contributed by atoms with E-state index >= 15 is 0 Å². The molecule has 0 spiro atoms. The van der Waals surface area contributed by atoms with Crippen molar-refractivity contribution < 1.29 is 4.79 Å². The topological polar surface area (TPSA) is 61.9 Å². The Labute approximate surface area is 82.5 Å². The molecule has 2 heterocycles. The fourth-order valence-electron chi connectivity index (χ4n) is 1.85. The van der Waals surface area contributed by atoms with Crippen molar-refractivity contribution in [2.75, 3.05) is 6.54 Å². The normalized spacial score (nSPS) is 22.4. The Morgan fingerprint density at radius 2 is 2.50 bits per heavy atom. The summed E-state index contributed by atoms with van der Waals surface area (Å²) in [6.07, 6.45) is 4.87. The zero-order valence-corrected chi connectivity index (χ0v) is 8.23. The van der Waals surface area contributed by atoms with Gasteiger partial charge in [-0.25, -0.2) is 0 Å². The molecule has 0 saturated carbocycles. The van der Waals surface area contributed by atoms with Crippen molar-refractivity contribution in [1.82, 2.24) is 20.3 Å². The smallest absolute Gasteiger partial charge is 0.276 e. The molecule has 1 unspecified atom stereocenters.